The standard InChI is InChI=1S/C13H20N2O/c1-11-3-5-12(6-4-11)7-8-13(16)15(2)10-9-14/h3-6H,7-10,14H2,1-2H3. The summed E-state index contributed by atoms with van der Waals surface area (Å²) < 4.78 is 0. The number of likely N-dealkylation sites (N-methyl/N-ethyl adjacent to an activating group) is 1. The molecule has 0 saturated carbocycles. The van der Waals surface area contributed by atoms with Crippen LogP contribution in [0.1, 0.15) is 17.5 Å². The molecule has 88 valence electrons. The van der Waals surface area contributed by atoms with Crippen molar-refractivity contribution in [1.82, 2.24) is 4.90 Å². The van der Waals surface area contributed by atoms with Gasteiger partial charge >= 0.3 is 0 Å². The number of nitrogens with zero attached hydrogens (tertiary/aromatic N) is 1. The minimum atomic E-state index is 0.158. The van der Waals surface area contributed by atoms with E-state index < -0.39 is 0 Å². The lowest BCUT2D eigenvalue weighted by Gasteiger charge is -2.15. The highest BCUT2D eigenvalue weighted by molar-refractivity contribution is 5.76. The smallest absolute Gasteiger partial charge is 0.222 e. The summed E-state index contributed by atoms with van der Waals surface area (Å²) in [5.41, 5.74) is 7.85. The fourth-order valence-electron chi connectivity index (χ4n) is 1.52. The van der Waals surface area contributed by atoms with Gasteiger partial charge in [-0.1, -0.05) is 29.8 Å². The van der Waals surface area contributed by atoms with Gasteiger partial charge in [0.2, 0.25) is 5.91 Å². The number of hydrogen-bond donors (Lipinski definition) is 1. The molecule has 0 bridgehead atoms. The van der Waals surface area contributed by atoms with E-state index in [1.807, 2.05) is 0 Å². The molecule has 3 heteroatoms. The van der Waals surface area contributed by atoms with Crippen molar-refractivity contribution in [2.24, 2.45) is 5.73 Å². The third-order valence-electron chi connectivity index (χ3n) is 2.64. The number of benzene rings is 1. The number of amides is 1. The first kappa shape index (κ1) is 12.7. The molecule has 1 aromatic rings. The summed E-state index contributed by atoms with van der Waals surface area (Å²) in [4.78, 5) is 13.3. The molecule has 2 N–H and O–H groups in total. The lowest BCUT2D eigenvalue weighted by molar-refractivity contribution is -0.129. The van der Waals surface area contributed by atoms with E-state index in [-0.39, 0.29) is 5.91 Å². The zero-order valence-electron chi connectivity index (χ0n) is 10.1. The molecule has 1 amide bonds. The van der Waals surface area contributed by atoms with Gasteiger partial charge in [0, 0.05) is 26.6 Å². The molecule has 1 rings (SSSR count). The van der Waals surface area contributed by atoms with E-state index in [9.17, 15) is 4.79 Å². The average molecular weight is 220 g/mol. The van der Waals surface area contributed by atoms with Gasteiger partial charge in [0.05, 0.1) is 0 Å². The minimum Gasteiger partial charge on any atom is -0.344 e. The molecule has 0 aliphatic carbocycles. The number of rotatable bonds is 5. The van der Waals surface area contributed by atoms with E-state index in [1.165, 1.54) is 11.1 Å². The highest BCUT2D eigenvalue weighted by Gasteiger charge is 2.07. The molecule has 0 unspecified atom stereocenters. The minimum absolute atomic E-state index is 0.158. The number of nitrogens with two attached hydrogens (primary N) is 1. The first-order valence-electron chi connectivity index (χ1n) is 5.63. The van der Waals surface area contributed by atoms with E-state index in [1.54, 1.807) is 11.9 Å². The Morgan fingerprint density at radius 2 is 1.94 bits per heavy atom. The Kier molecular flexibility index (Phi) is 4.99. The van der Waals surface area contributed by atoms with Crippen molar-refractivity contribution in [3.05, 3.63) is 35.4 Å². The third-order valence-corrected chi connectivity index (χ3v) is 2.64. The van der Waals surface area contributed by atoms with E-state index in [2.05, 4.69) is 31.2 Å². The van der Waals surface area contributed by atoms with Crippen molar-refractivity contribution in [1.29, 1.82) is 0 Å². The first-order chi connectivity index (χ1) is 7.63. The van der Waals surface area contributed by atoms with Gasteiger partial charge in [-0.15, -0.1) is 0 Å². The van der Waals surface area contributed by atoms with Crippen LogP contribution in [0.2, 0.25) is 0 Å². The molecule has 0 spiro atoms. The number of carbonyl (C=O) groups excluding carboxylic acids is 1. The van der Waals surface area contributed by atoms with Gasteiger partial charge < -0.3 is 10.6 Å². The summed E-state index contributed by atoms with van der Waals surface area (Å²) in [6.45, 7) is 3.21. The molecule has 0 aromatic heterocycles. The first-order valence-corrected chi connectivity index (χ1v) is 5.63. The van der Waals surface area contributed by atoms with E-state index in [0.29, 0.717) is 19.5 Å². The monoisotopic (exact) mass is 220 g/mol. The maximum atomic E-state index is 11.6. The van der Waals surface area contributed by atoms with Gasteiger partial charge in [0.1, 0.15) is 0 Å². The molecule has 3 nitrogen and oxygen atoms in total. The zero-order valence-corrected chi connectivity index (χ0v) is 10.1. The maximum absolute atomic E-state index is 11.6. The highest BCUT2D eigenvalue weighted by Crippen LogP contribution is 2.06. The molecular weight excluding hydrogens is 200 g/mol. The Labute approximate surface area is 97.2 Å². The number of hydrogen-bond acceptors (Lipinski definition) is 2. The van der Waals surface area contributed by atoms with Crippen LogP contribution in [0, 0.1) is 6.92 Å². The zero-order chi connectivity index (χ0) is 12.0. The predicted molar refractivity (Wildman–Crippen MR) is 66.2 cm³/mol. The largest absolute Gasteiger partial charge is 0.344 e. The van der Waals surface area contributed by atoms with Gasteiger partial charge in [-0.05, 0) is 18.9 Å². The van der Waals surface area contributed by atoms with Crippen LogP contribution in [-0.2, 0) is 11.2 Å². The second kappa shape index (κ2) is 6.28. The molecule has 0 saturated heterocycles. The number of aryl methyl sites for hydroxylation is 2. The Bertz CT molecular complexity index is 332. The van der Waals surface area contributed by atoms with Crippen LogP contribution in [0.3, 0.4) is 0 Å². The molecule has 0 aliphatic heterocycles. The summed E-state index contributed by atoms with van der Waals surface area (Å²) in [7, 11) is 1.80. The second-order valence-electron chi connectivity index (χ2n) is 4.09. The third kappa shape index (κ3) is 4.03. The summed E-state index contributed by atoms with van der Waals surface area (Å²) in [6, 6.07) is 8.30. The Balaban J connectivity index is 2.39. The second-order valence-corrected chi connectivity index (χ2v) is 4.09. The molecule has 0 radical (unpaired) electrons. The van der Waals surface area contributed by atoms with E-state index in [4.69, 9.17) is 5.73 Å². The maximum Gasteiger partial charge on any atom is 0.222 e. The lowest BCUT2D eigenvalue weighted by Crippen LogP contribution is -2.31. The van der Waals surface area contributed by atoms with Crippen molar-refractivity contribution in [2.75, 3.05) is 20.1 Å². The summed E-state index contributed by atoms with van der Waals surface area (Å²) in [6.07, 6.45) is 1.35. The topological polar surface area (TPSA) is 46.3 Å². The van der Waals surface area contributed by atoms with E-state index >= 15 is 0 Å². The molecule has 1 aromatic carbocycles. The molecule has 16 heavy (non-hydrogen) atoms. The van der Waals surface area contributed by atoms with Gasteiger partial charge in [-0.25, -0.2) is 0 Å². The normalized spacial score (nSPS) is 10.2. The quantitative estimate of drug-likeness (QED) is 0.814. The van der Waals surface area contributed by atoms with Crippen molar-refractivity contribution in [3.8, 4) is 0 Å². The molecular formula is C13H20N2O. The Hall–Kier alpha value is -1.35. The molecule has 0 aliphatic rings. The predicted octanol–water partition coefficient (Wildman–Crippen LogP) is 1.34. The van der Waals surface area contributed by atoms with Gasteiger partial charge in [-0.3, -0.25) is 4.79 Å². The highest BCUT2D eigenvalue weighted by atomic mass is 16.2. The van der Waals surface area contributed by atoms with Gasteiger partial charge in [0.25, 0.3) is 0 Å². The fraction of sp³-hybridized carbons (Fsp3) is 0.462. The van der Waals surface area contributed by atoms with Gasteiger partial charge in [0.15, 0.2) is 0 Å². The summed E-state index contributed by atoms with van der Waals surface area (Å²) in [5.74, 6) is 0.158. The Morgan fingerprint density at radius 1 is 1.31 bits per heavy atom. The van der Waals surface area contributed by atoms with Crippen molar-refractivity contribution in [2.45, 2.75) is 19.8 Å². The van der Waals surface area contributed by atoms with Crippen LogP contribution in [0.5, 0.6) is 0 Å². The van der Waals surface area contributed by atoms with Crippen LogP contribution >= 0.6 is 0 Å². The number of carbonyl (C=O) groups is 1. The van der Waals surface area contributed by atoms with Crippen molar-refractivity contribution < 1.29 is 4.79 Å². The average Bonchev–Trinajstić information content (AvgIpc) is 2.28. The molecule has 0 fully saturated rings. The summed E-state index contributed by atoms with van der Waals surface area (Å²) in [5, 5.41) is 0. The lowest BCUT2D eigenvalue weighted by atomic mass is 10.1. The SMILES string of the molecule is Cc1ccc(CCC(=O)N(C)CCN)cc1. The molecule has 0 atom stereocenters. The van der Waals surface area contributed by atoms with Crippen molar-refractivity contribution in [3.63, 3.8) is 0 Å². The van der Waals surface area contributed by atoms with Crippen LogP contribution in [0.4, 0.5) is 0 Å². The Morgan fingerprint density at radius 3 is 2.50 bits per heavy atom. The molecule has 0 heterocycles. The van der Waals surface area contributed by atoms with Gasteiger partial charge in [-0.2, -0.15) is 0 Å². The van der Waals surface area contributed by atoms with Crippen molar-refractivity contribution >= 4 is 5.91 Å². The summed E-state index contributed by atoms with van der Waals surface area (Å²) >= 11 is 0. The van der Waals surface area contributed by atoms with E-state index in [0.717, 1.165) is 6.42 Å². The van der Waals surface area contributed by atoms with Crippen LogP contribution < -0.4 is 5.73 Å². The fourth-order valence-corrected chi connectivity index (χ4v) is 1.52. The van der Waals surface area contributed by atoms with Crippen LogP contribution in [0.15, 0.2) is 24.3 Å². The van der Waals surface area contributed by atoms with Crippen LogP contribution in [-0.4, -0.2) is 30.9 Å². The van der Waals surface area contributed by atoms with Crippen LogP contribution in [0.25, 0.3) is 0 Å².